The van der Waals surface area contributed by atoms with E-state index in [0.717, 1.165) is 15.0 Å². The number of pyridine rings is 1. The van der Waals surface area contributed by atoms with Gasteiger partial charge in [-0.15, -0.1) is 0 Å². The Kier molecular flexibility index (Phi) is 3.39. The van der Waals surface area contributed by atoms with E-state index < -0.39 is 5.97 Å². The molecule has 1 N–H and O–H groups in total. The van der Waals surface area contributed by atoms with Gasteiger partial charge >= 0.3 is 5.97 Å². The molecule has 5 nitrogen and oxygen atoms in total. The summed E-state index contributed by atoms with van der Waals surface area (Å²) < 4.78 is 7.89. The van der Waals surface area contributed by atoms with Crippen molar-refractivity contribution in [3.8, 4) is 0 Å². The van der Waals surface area contributed by atoms with Crippen LogP contribution in [0.5, 0.6) is 0 Å². The third-order valence-electron chi connectivity index (χ3n) is 2.00. The lowest BCUT2D eigenvalue weighted by Crippen LogP contribution is -2.07. The second-order valence-corrected chi connectivity index (χ2v) is 4.19. The first kappa shape index (κ1) is 11.3. The normalized spacial score (nSPS) is 10.8. The van der Waals surface area contributed by atoms with Crippen LogP contribution in [0.4, 0.5) is 0 Å². The molecule has 0 aliphatic heterocycles. The molecule has 0 bridgehead atoms. The van der Waals surface area contributed by atoms with Crippen molar-refractivity contribution in [3.05, 3.63) is 33.8 Å². The van der Waals surface area contributed by atoms with Gasteiger partial charge in [0, 0.05) is 6.20 Å². The Morgan fingerprint density at radius 1 is 1.56 bits per heavy atom. The van der Waals surface area contributed by atoms with E-state index in [1.54, 1.807) is 0 Å². The molecule has 2 aromatic rings. The van der Waals surface area contributed by atoms with Crippen LogP contribution in [-0.4, -0.2) is 27.1 Å². The maximum absolute atomic E-state index is 10.3. The minimum Gasteiger partial charge on any atom is -0.480 e. The fraction of sp³-hybridized carbons (Fsp3) is 0.200. The maximum atomic E-state index is 10.3. The molecule has 2 rings (SSSR count). The molecule has 0 aliphatic carbocycles. The van der Waals surface area contributed by atoms with Gasteiger partial charge in [-0.2, -0.15) is 0 Å². The fourth-order valence-corrected chi connectivity index (χ4v) is 2.03. The lowest BCUT2D eigenvalue weighted by atomic mass is 10.5. The first-order valence-electron chi connectivity index (χ1n) is 4.59. The third-order valence-corrected chi connectivity index (χ3v) is 3.14. The standard InChI is InChI=1S/C10H9IN2O3/c11-10-7(5-16-6-9(14)15)12-8-3-1-2-4-13(8)10/h1-4H,5-6H2,(H,14,15). The molecule has 0 aliphatic rings. The summed E-state index contributed by atoms with van der Waals surface area (Å²) in [7, 11) is 0. The smallest absolute Gasteiger partial charge is 0.329 e. The minimum atomic E-state index is -0.973. The monoisotopic (exact) mass is 332 g/mol. The number of nitrogens with zero attached hydrogens (tertiary/aromatic N) is 2. The predicted octanol–water partition coefficient (Wildman–Crippen LogP) is 1.54. The minimum absolute atomic E-state index is 0.215. The van der Waals surface area contributed by atoms with Crippen molar-refractivity contribution in [1.29, 1.82) is 0 Å². The molecule has 2 aromatic heterocycles. The van der Waals surface area contributed by atoms with Gasteiger partial charge in [0.25, 0.3) is 0 Å². The molecule has 0 saturated carbocycles. The van der Waals surface area contributed by atoms with Crippen LogP contribution < -0.4 is 0 Å². The molecular formula is C10H9IN2O3. The summed E-state index contributed by atoms with van der Waals surface area (Å²) in [5, 5.41) is 8.45. The number of fused-ring (bicyclic) bond motifs is 1. The Morgan fingerprint density at radius 3 is 3.06 bits per heavy atom. The van der Waals surface area contributed by atoms with Gasteiger partial charge in [-0.1, -0.05) is 6.07 Å². The van der Waals surface area contributed by atoms with Gasteiger partial charge in [0.2, 0.25) is 0 Å². The zero-order chi connectivity index (χ0) is 11.5. The van der Waals surface area contributed by atoms with E-state index in [1.807, 2.05) is 28.8 Å². The number of imidazole rings is 1. The molecule has 6 heteroatoms. The molecule has 84 valence electrons. The number of halogens is 1. The Bertz CT molecular complexity index is 524. The van der Waals surface area contributed by atoms with Gasteiger partial charge < -0.3 is 9.84 Å². The molecule has 0 aromatic carbocycles. The lowest BCUT2D eigenvalue weighted by molar-refractivity contribution is -0.142. The predicted molar refractivity (Wildman–Crippen MR) is 65.2 cm³/mol. The van der Waals surface area contributed by atoms with Crippen molar-refractivity contribution in [1.82, 2.24) is 9.38 Å². The highest BCUT2D eigenvalue weighted by Crippen LogP contribution is 2.15. The molecule has 0 unspecified atom stereocenters. The van der Waals surface area contributed by atoms with Crippen molar-refractivity contribution < 1.29 is 14.6 Å². The van der Waals surface area contributed by atoms with E-state index in [1.165, 1.54) is 0 Å². The number of aliphatic carboxylic acids is 1. The zero-order valence-electron chi connectivity index (χ0n) is 8.26. The number of hydrogen-bond acceptors (Lipinski definition) is 3. The van der Waals surface area contributed by atoms with Crippen LogP contribution in [-0.2, 0) is 16.1 Å². The van der Waals surface area contributed by atoms with E-state index in [0.29, 0.717) is 0 Å². The number of carboxylic acid groups (broad SMARTS) is 1. The van der Waals surface area contributed by atoms with E-state index in [-0.39, 0.29) is 13.2 Å². The Labute approximate surface area is 105 Å². The van der Waals surface area contributed by atoms with Gasteiger partial charge in [-0.3, -0.25) is 4.40 Å². The number of carbonyl (C=O) groups is 1. The number of ether oxygens (including phenoxy) is 1. The van der Waals surface area contributed by atoms with Crippen LogP contribution in [0, 0.1) is 3.70 Å². The maximum Gasteiger partial charge on any atom is 0.329 e. The number of rotatable bonds is 4. The third kappa shape index (κ3) is 2.33. The summed E-state index contributed by atoms with van der Waals surface area (Å²) in [4.78, 5) is 14.6. The van der Waals surface area contributed by atoms with Crippen molar-refractivity contribution >= 4 is 34.2 Å². The quantitative estimate of drug-likeness (QED) is 0.863. The number of hydrogen-bond donors (Lipinski definition) is 1. The van der Waals surface area contributed by atoms with E-state index in [4.69, 9.17) is 9.84 Å². The first-order valence-corrected chi connectivity index (χ1v) is 5.67. The van der Waals surface area contributed by atoms with Crippen molar-refractivity contribution in [2.24, 2.45) is 0 Å². The zero-order valence-corrected chi connectivity index (χ0v) is 10.4. The second-order valence-electron chi connectivity index (χ2n) is 3.16. The fourth-order valence-electron chi connectivity index (χ4n) is 1.34. The van der Waals surface area contributed by atoms with Crippen LogP contribution in [0.15, 0.2) is 24.4 Å². The van der Waals surface area contributed by atoms with E-state index >= 15 is 0 Å². The van der Waals surface area contributed by atoms with Gasteiger partial charge in [0.05, 0.1) is 12.3 Å². The van der Waals surface area contributed by atoms with Gasteiger partial charge in [0.1, 0.15) is 16.0 Å². The van der Waals surface area contributed by atoms with Crippen LogP contribution in [0.1, 0.15) is 5.69 Å². The summed E-state index contributed by atoms with van der Waals surface area (Å²) in [5.41, 5.74) is 1.59. The topological polar surface area (TPSA) is 63.8 Å². The van der Waals surface area contributed by atoms with Crippen molar-refractivity contribution in [3.63, 3.8) is 0 Å². The number of carboxylic acids is 1. The molecule has 0 fully saturated rings. The molecule has 0 spiro atoms. The van der Waals surface area contributed by atoms with Crippen LogP contribution in [0.25, 0.3) is 5.65 Å². The second kappa shape index (κ2) is 4.79. The molecular weight excluding hydrogens is 323 g/mol. The molecule has 0 atom stereocenters. The average Bonchev–Trinajstić information content (AvgIpc) is 2.56. The highest BCUT2D eigenvalue weighted by molar-refractivity contribution is 14.1. The summed E-state index contributed by atoms with van der Waals surface area (Å²) >= 11 is 2.16. The summed E-state index contributed by atoms with van der Waals surface area (Å²) in [6.45, 7) is -0.0871. The Morgan fingerprint density at radius 2 is 2.38 bits per heavy atom. The van der Waals surface area contributed by atoms with Gasteiger partial charge in [-0.05, 0) is 34.7 Å². The first-order chi connectivity index (χ1) is 7.68. The largest absolute Gasteiger partial charge is 0.480 e. The van der Waals surface area contributed by atoms with E-state index in [2.05, 4.69) is 27.6 Å². The van der Waals surface area contributed by atoms with Gasteiger partial charge in [0.15, 0.2) is 0 Å². The summed E-state index contributed by atoms with van der Waals surface area (Å²) in [5.74, 6) is -0.973. The molecule has 0 radical (unpaired) electrons. The molecule has 0 amide bonds. The van der Waals surface area contributed by atoms with Crippen LogP contribution in [0.3, 0.4) is 0 Å². The SMILES string of the molecule is O=C(O)COCc1nc2ccccn2c1I. The summed E-state index contributed by atoms with van der Waals surface area (Å²) in [6.07, 6.45) is 1.91. The average molecular weight is 332 g/mol. The molecule has 0 saturated heterocycles. The summed E-state index contributed by atoms with van der Waals surface area (Å²) in [6, 6.07) is 5.71. The van der Waals surface area contributed by atoms with E-state index in [9.17, 15) is 4.79 Å². The lowest BCUT2D eigenvalue weighted by Gasteiger charge is -1.98. The van der Waals surface area contributed by atoms with Crippen LogP contribution >= 0.6 is 22.6 Å². The highest BCUT2D eigenvalue weighted by atomic mass is 127. The highest BCUT2D eigenvalue weighted by Gasteiger charge is 2.09. The van der Waals surface area contributed by atoms with Crippen molar-refractivity contribution in [2.75, 3.05) is 6.61 Å². The number of aromatic nitrogens is 2. The Balaban J connectivity index is 2.18. The molecule has 2 heterocycles. The van der Waals surface area contributed by atoms with Crippen LogP contribution in [0.2, 0.25) is 0 Å². The molecule has 16 heavy (non-hydrogen) atoms. The van der Waals surface area contributed by atoms with Crippen molar-refractivity contribution in [2.45, 2.75) is 6.61 Å². The Hall–Kier alpha value is -1.15. The van der Waals surface area contributed by atoms with Gasteiger partial charge in [-0.25, -0.2) is 9.78 Å².